The highest BCUT2D eigenvalue weighted by Gasteiger charge is 2.42. The fourth-order valence-corrected chi connectivity index (χ4v) is 4.92. The molecular weight excluding hydrogens is 354 g/mol. The van der Waals surface area contributed by atoms with Crippen LogP contribution in [0.15, 0.2) is 6.20 Å². The number of nitrogens with zero attached hydrogens (tertiary/aromatic N) is 5. The van der Waals surface area contributed by atoms with Gasteiger partial charge in [0.15, 0.2) is 0 Å². The van der Waals surface area contributed by atoms with Gasteiger partial charge >= 0.3 is 0 Å². The second-order valence-corrected chi connectivity index (χ2v) is 8.97. The second-order valence-electron chi connectivity index (χ2n) is 8.97. The smallest absolute Gasteiger partial charge is 0.227 e. The zero-order valence-corrected chi connectivity index (χ0v) is 17.5. The van der Waals surface area contributed by atoms with Crippen LogP contribution in [0.2, 0.25) is 0 Å². The zero-order valence-electron chi connectivity index (χ0n) is 17.5. The number of amides is 1. The van der Waals surface area contributed by atoms with Crippen LogP contribution in [0.25, 0.3) is 0 Å². The van der Waals surface area contributed by atoms with Gasteiger partial charge in [-0.2, -0.15) is 4.98 Å². The molecule has 3 saturated heterocycles. The molecule has 0 saturated carbocycles. The van der Waals surface area contributed by atoms with Crippen LogP contribution in [0.1, 0.15) is 44.1 Å². The Hall–Kier alpha value is -1.89. The fraction of sp³-hybridized carbons (Fsp3) is 0.762. The van der Waals surface area contributed by atoms with Crippen molar-refractivity contribution in [2.24, 2.45) is 5.41 Å². The van der Waals surface area contributed by atoms with Crippen LogP contribution in [-0.4, -0.2) is 73.8 Å². The minimum Gasteiger partial charge on any atom is -0.376 e. The van der Waals surface area contributed by atoms with Gasteiger partial charge in [0, 0.05) is 65.1 Å². The van der Waals surface area contributed by atoms with Gasteiger partial charge in [0.2, 0.25) is 11.9 Å². The summed E-state index contributed by atoms with van der Waals surface area (Å²) >= 11 is 0. The largest absolute Gasteiger partial charge is 0.376 e. The third kappa shape index (κ3) is 3.95. The van der Waals surface area contributed by atoms with E-state index < -0.39 is 0 Å². The van der Waals surface area contributed by atoms with E-state index in [-0.39, 0.29) is 11.5 Å². The van der Waals surface area contributed by atoms with Crippen molar-refractivity contribution in [3.05, 3.63) is 11.8 Å². The number of rotatable bonds is 4. The van der Waals surface area contributed by atoms with E-state index in [1.807, 2.05) is 32.1 Å². The molecule has 1 unspecified atom stereocenters. The number of likely N-dealkylation sites (tertiary alicyclic amines) is 1. The number of carbonyl (C=O) groups is 1. The Morgan fingerprint density at radius 1 is 1.29 bits per heavy atom. The molecule has 1 aromatic heterocycles. The molecule has 3 fully saturated rings. The van der Waals surface area contributed by atoms with E-state index in [2.05, 4.69) is 14.8 Å². The summed E-state index contributed by atoms with van der Waals surface area (Å²) in [4.78, 5) is 28.3. The van der Waals surface area contributed by atoms with Crippen molar-refractivity contribution >= 4 is 17.7 Å². The molecule has 3 aliphatic rings. The normalized spacial score (nSPS) is 24.8. The van der Waals surface area contributed by atoms with Crippen molar-refractivity contribution in [3.8, 4) is 0 Å². The maximum Gasteiger partial charge on any atom is 0.227 e. The Morgan fingerprint density at radius 2 is 2.07 bits per heavy atom. The maximum absolute atomic E-state index is 12.5. The Balaban J connectivity index is 1.40. The molecule has 7 nitrogen and oxygen atoms in total. The first kappa shape index (κ1) is 19.4. The van der Waals surface area contributed by atoms with E-state index in [9.17, 15) is 4.79 Å². The van der Waals surface area contributed by atoms with Crippen molar-refractivity contribution < 1.29 is 9.53 Å². The predicted octanol–water partition coefficient (Wildman–Crippen LogP) is 2.24. The van der Waals surface area contributed by atoms with E-state index in [4.69, 9.17) is 9.72 Å². The standard InChI is InChI=1S/C21H33N5O2/c1-16-13-22-20(23-19(16)24(2)3)25-10-8-21(9-11-25)7-6-18(27)26(15-21)14-17-5-4-12-28-17/h13,17H,4-12,14-15H2,1-3H3. The summed E-state index contributed by atoms with van der Waals surface area (Å²) in [6.45, 7) is 6.47. The number of carbonyl (C=O) groups excluding carboxylic acids is 1. The van der Waals surface area contributed by atoms with Crippen LogP contribution in [0.4, 0.5) is 11.8 Å². The predicted molar refractivity (Wildman–Crippen MR) is 110 cm³/mol. The molecule has 1 amide bonds. The Morgan fingerprint density at radius 3 is 2.75 bits per heavy atom. The summed E-state index contributed by atoms with van der Waals surface area (Å²) in [5.41, 5.74) is 1.34. The number of hydrogen-bond donors (Lipinski definition) is 0. The number of hydrogen-bond acceptors (Lipinski definition) is 6. The number of piperidine rings is 2. The van der Waals surface area contributed by atoms with Crippen LogP contribution < -0.4 is 9.80 Å². The molecule has 0 aromatic carbocycles. The molecule has 1 aromatic rings. The molecular formula is C21H33N5O2. The lowest BCUT2D eigenvalue weighted by molar-refractivity contribution is -0.140. The molecule has 28 heavy (non-hydrogen) atoms. The minimum atomic E-state index is 0.240. The second kappa shape index (κ2) is 7.85. The van der Waals surface area contributed by atoms with Crippen LogP contribution in [-0.2, 0) is 9.53 Å². The summed E-state index contributed by atoms with van der Waals surface area (Å²) < 4.78 is 5.77. The molecule has 0 N–H and O–H groups in total. The molecule has 0 radical (unpaired) electrons. The third-order valence-electron chi connectivity index (χ3n) is 6.66. The van der Waals surface area contributed by atoms with Crippen molar-refractivity contribution in [1.29, 1.82) is 0 Å². The summed E-state index contributed by atoms with van der Waals surface area (Å²) in [5.74, 6) is 2.12. The lowest BCUT2D eigenvalue weighted by Crippen LogP contribution is -2.53. The van der Waals surface area contributed by atoms with Gasteiger partial charge in [-0.3, -0.25) is 4.79 Å². The van der Waals surface area contributed by atoms with E-state index in [0.717, 1.165) is 82.2 Å². The van der Waals surface area contributed by atoms with Crippen molar-refractivity contribution in [2.45, 2.75) is 51.6 Å². The average molecular weight is 388 g/mol. The first-order valence-electron chi connectivity index (χ1n) is 10.6. The van der Waals surface area contributed by atoms with E-state index in [1.165, 1.54) is 0 Å². The molecule has 0 bridgehead atoms. The maximum atomic E-state index is 12.5. The van der Waals surface area contributed by atoms with Gasteiger partial charge in [-0.25, -0.2) is 4.98 Å². The Kier molecular flexibility index (Phi) is 5.45. The van der Waals surface area contributed by atoms with Gasteiger partial charge in [-0.1, -0.05) is 0 Å². The lowest BCUT2D eigenvalue weighted by Gasteiger charge is -2.47. The zero-order chi connectivity index (χ0) is 19.7. The fourth-order valence-electron chi connectivity index (χ4n) is 4.92. The Labute approximate surface area is 168 Å². The number of anilines is 2. The van der Waals surface area contributed by atoms with Crippen LogP contribution in [0, 0.1) is 12.3 Å². The monoisotopic (exact) mass is 387 g/mol. The summed E-state index contributed by atoms with van der Waals surface area (Å²) in [5, 5.41) is 0. The van der Waals surface area contributed by atoms with Crippen LogP contribution in [0.5, 0.6) is 0 Å². The van der Waals surface area contributed by atoms with Crippen LogP contribution in [0.3, 0.4) is 0 Å². The number of ether oxygens (including phenoxy) is 1. The Bertz CT molecular complexity index is 709. The molecule has 154 valence electrons. The SMILES string of the molecule is Cc1cnc(N2CCC3(CCC(=O)N(CC4CCCO4)C3)CC2)nc1N(C)C. The summed E-state index contributed by atoms with van der Waals surface area (Å²) in [6.07, 6.45) is 8.25. The van der Waals surface area contributed by atoms with Gasteiger partial charge in [0.25, 0.3) is 0 Å². The van der Waals surface area contributed by atoms with E-state index in [0.29, 0.717) is 12.3 Å². The molecule has 7 heteroatoms. The highest BCUT2D eigenvalue weighted by molar-refractivity contribution is 5.77. The summed E-state index contributed by atoms with van der Waals surface area (Å²) in [7, 11) is 4.04. The number of aryl methyl sites for hydroxylation is 1. The quantitative estimate of drug-likeness (QED) is 0.790. The molecule has 3 aliphatic heterocycles. The molecule has 1 spiro atoms. The van der Waals surface area contributed by atoms with E-state index >= 15 is 0 Å². The minimum absolute atomic E-state index is 0.240. The third-order valence-corrected chi connectivity index (χ3v) is 6.66. The van der Waals surface area contributed by atoms with Gasteiger partial charge in [-0.15, -0.1) is 0 Å². The first-order chi connectivity index (χ1) is 13.5. The lowest BCUT2D eigenvalue weighted by atomic mass is 9.72. The van der Waals surface area contributed by atoms with Gasteiger partial charge < -0.3 is 19.4 Å². The van der Waals surface area contributed by atoms with Crippen molar-refractivity contribution in [2.75, 3.05) is 56.7 Å². The summed E-state index contributed by atoms with van der Waals surface area (Å²) in [6, 6.07) is 0. The van der Waals surface area contributed by atoms with Crippen LogP contribution >= 0.6 is 0 Å². The highest BCUT2D eigenvalue weighted by Crippen LogP contribution is 2.41. The molecule has 4 heterocycles. The van der Waals surface area contributed by atoms with Crippen molar-refractivity contribution in [1.82, 2.24) is 14.9 Å². The van der Waals surface area contributed by atoms with E-state index in [1.54, 1.807) is 0 Å². The van der Waals surface area contributed by atoms with Gasteiger partial charge in [-0.05, 0) is 44.4 Å². The van der Waals surface area contributed by atoms with Gasteiger partial charge in [0.05, 0.1) is 6.10 Å². The molecule has 0 aliphatic carbocycles. The average Bonchev–Trinajstić information content (AvgIpc) is 3.19. The number of aromatic nitrogens is 2. The highest BCUT2D eigenvalue weighted by atomic mass is 16.5. The molecule has 1 atom stereocenters. The topological polar surface area (TPSA) is 61.8 Å². The van der Waals surface area contributed by atoms with Crippen molar-refractivity contribution in [3.63, 3.8) is 0 Å². The molecule has 4 rings (SSSR count). The first-order valence-corrected chi connectivity index (χ1v) is 10.6. The van der Waals surface area contributed by atoms with Gasteiger partial charge in [0.1, 0.15) is 5.82 Å².